The Kier molecular flexibility index (Phi) is 6.30. The molecule has 0 radical (unpaired) electrons. The second kappa shape index (κ2) is 9.58. The minimum Gasteiger partial charge on any atom is -0.341 e. The van der Waals surface area contributed by atoms with Crippen LogP contribution in [0.25, 0.3) is 21.7 Å². The van der Waals surface area contributed by atoms with E-state index in [1.54, 1.807) is 24.7 Å². The summed E-state index contributed by atoms with van der Waals surface area (Å²) in [5, 5.41) is 14.1. The number of carbonyl (C=O) groups is 1. The van der Waals surface area contributed by atoms with Crippen molar-refractivity contribution in [1.29, 1.82) is 5.26 Å². The largest absolute Gasteiger partial charge is 0.341 e. The van der Waals surface area contributed by atoms with Crippen LogP contribution in [0.5, 0.6) is 0 Å². The van der Waals surface area contributed by atoms with E-state index in [0.29, 0.717) is 22.7 Å². The number of carbonyl (C=O) groups excluding carboxylic acids is 1. The summed E-state index contributed by atoms with van der Waals surface area (Å²) < 4.78 is 3.38. The van der Waals surface area contributed by atoms with Gasteiger partial charge in [-0.05, 0) is 19.3 Å². The van der Waals surface area contributed by atoms with E-state index >= 15 is 0 Å². The van der Waals surface area contributed by atoms with Crippen LogP contribution in [0.1, 0.15) is 26.3 Å². The highest BCUT2D eigenvalue weighted by atomic mass is 32.1. The summed E-state index contributed by atoms with van der Waals surface area (Å²) in [4.78, 5) is 58.1. The zero-order valence-corrected chi connectivity index (χ0v) is 21.3. The third-order valence-electron chi connectivity index (χ3n) is 6.43. The number of nitrogens with one attached hydrogen (secondary N) is 1. The molecule has 4 aromatic rings. The molecule has 0 aromatic carbocycles. The third-order valence-corrected chi connectivity index (χ3v) is 7.32. The summed E-state index contributed by atoms with van der Waals surface area (Å²) in [6, 6.07) is 0.965. The molecule has 190 valence electrons. The molecule has 0 spiro atoms. The van der Waals surface area contributed by atoms with Crippen molar-refractivity contribution in [1.82, 2.24) is 33.6 Å². The summed E-state index contributed by atoms with van der Waals surface area (Å²) in [6.07, 6.45) is 5.92. The zero-order chi connectivity index (χ0) is 26.3. The number of hydrogen-bond acceptors (Lipinski definition) is 10. The SMILES string of the molecule is CC1CCN(c2ncc(-c3nc(NC(=O)C(C)n4cnc5c4c(=O)n(CC#N)c(=O)n5C)cs3)cn2)C1. The van der Waals surface area contributed by atoms with Gasteiger partial charge in [-0.25, -0.2) is 29.3 Å². The van der Waals surface area contributed by atoms with E-state index in [1.807, 2.05) is 6.07 Å². The molecule has 14 heteroatoms. The summed E-state index contributed by atoms with van der Waals surface area (Å²) in [5.74, 6) is 1.26. The van der Waals surface area contributed by atoms with Gasteiger partial charge in [0.1, 0.15) is 23.4 Å². The van der Waals surface area contributed by atoms with Crippen LogP contribution >= 0.6 is 11.3 Å². The van der Waals surface area contributed by atoms with Crippen LogP contribution in [-0.4, -0.2) is 52.6 Å². The van der Waals surface area contributed by atoms with Crippen LogP contribution in [0, 0.1) is 17.2 Å². The average molecular weight is 521 g/mol. The Morgan fingerprint density at radius 3 is 2.73 bits per heavy atom. The number of thiazole rings is 1. The molecular formula is C23H24N10O3S. The van der Waals surface area contributed by atoms with Gasteiger partial charge in [0.05, 0.1) is 12.4 Å². The van der Waals surface area contributed by atoms with E-state index in [9.17, 15) is 14.4 Å². The maximum absolute atomic E-state index is 13.0. The number of rotatable bonds is 6. The van der Waals surface area contributed by atoms with Crippen molar-refractivity contribution < 1.29 is 4.79 Å². The first kappa shape index (κ1) is 24.3. The van der Waals surface area contributed by atoms with Gasteiger partial charge >= 0.3 is 5.69 Å². The first-order chi connectivity index (χ1) is 17.8. The summed E-state index contributed by atoms with van der Waals surface area (Å²) in [6.45, 7) is 5.30. The Hall–Kier alpha value is -4.38. The van der Waals surface area contributed by atoms with Crippen molar-refractivity contribution in [3.05, 3.63) is 44.9 Å². The fraction of sp³-hybridized carbons (Fsp3) is 0.391. The number of amides is 1. The van der Waals surface area contributed by atoms with E-state index in [4.69, 9.17) is 5.26 Å². The number of nitrogens with zero attached hydrogens (tertiary/aromatic N) is 9. The van der Waals surface area contributed by atoms with Gasteiger partial charge in [-0.15, -0.1) is 11.3 Å². The highest BCUT2D eigenvalue weighted by molar-refractivity contribution is 7.13. The van der Waals surface area contributed by atoms with Crippen molar-refractivity contribution in [2.24, 2.45) is 13.0 Å². The predicted molar refractivity (Wildman–Crippen MR) is 137 cm³/mol. The van der Waals surface area contributed by atoms with Gasteiger partial charge in [-0.1, -0.05) is 6.92 Å². The van der Waals surface area contributed by atoms with Gasteiger partial charge in [0.25, 0.3) is 5.56 Å². The molecule has 5 heterocycles. The predicted octanol–water partition coefficient (Wildman–Crippen LogP) is 1.38. The zero-order valence-electron chi connectivity index (χ0n) is 20.5. The van der Waals surface area contributed by atoms with E-state index in [2.05, 4.69) is 37.1 Å². The first-order valence-corrected chi connectivity index (χ1v) is 12.5. The van der Waals surface area contributed by atoms with Crippen molar-refractivity contribution in [2.45, 2.75) is 32.9 Å². The molecule has 0 bridgehead atoms. The Labute approximate surface area is 214 Å². The number of aromatic nitrogens is 7. The number of anilines is 2. The summed E-state index contributed by atoms with van der Waals surface area (Å²) >= 11 is 1.35. The van der Waals surface area contributed by atoms with Crippen molar-refractivity contribution in [2.75, 3.05) is 23.3 Å². The molecule has 37 heavy (non-hydrogen) atoms. The lowest BCUT2D eigenvalue weighted by Crippen LogP contribution is -2.40. The topological polar surface area (TPSA) is 157 Å². The van der Waals surface area contributed by atoms with E-state index in [1.165, 1.54) is 33.8 Å². The number of hydrogen-bond donors (Lipinski definition) is 1. The van der Waals surface area contributed by atoms with E-state index in [-0.39, 0.29) is 11.2 Å². The molecule has 1 aliphatic heterocycles. The van der Waals surface area contributed by atoms with Crippen LogP contribution in [0.3, 0.4) is 0 Å². The Balaban J connectivity index is 1.35. The minimum atomic E-state index is -0.846. The second-order valence-electron chi connectivity index (χ2n) is 9.03. The Bertz CT molecular complexity index is 1640. The summed E-state index contributed by atoms with van der Waals surface area (Å²) in [7, 11) is 1.46. The normalized spacial score (nSPS) is 16.2. The number of nitriles is 1. The van der Waals surface area contributed by atoms with E-state index in [0.717, 1.165) is 29.6 Å². The monoisotopic (exact) mass is 520 g/mol. The molecule has 2 atom stereocenters. The average Bonchev–Trinajstić information content (AvgIpc) is 3.65. The molecule has 1 saturated heterocycles. The van der Waals surface area contributed by atoms with Crippen LogP contribution in [0.15, 0.2) is 33.7 Å². The highest BCUT2D eigenvalue weighted by Crippen LogP contribution is 2.27. The highest BCUT2D eigenvalue weighted by Gasteiger charge is 2.24. The van der Waals surface area contributed by atoms with Crippen molar-refractivity contribution >= 4 is 40.2 Å². The van der Waals surface area contributed by atoms with Gasteiger partial charge in [0.2, 0.25) is 11.9 Å². The summed E-state index contributed by atoms with van der Waals surface area (Å²) in [5.41, 5.74) is -0.396. The molecule has 0 saturated carbocycles. The quantitative estimate of drug-likeness (QED) is 0.397. The molecule has 2 unspecified atom stereocenters. The molecule has 1 aliphatic rings. The van der Waals surface area contributed by atoms with Crippen molar-refractivity contribution in [3.63, 3.8) is 0 Å². The smallest absolute Gasteiger partial charge is 0.333 e. The maximum atomic E-state index is 13.0. The number of imidazole rings is 1. The first-order valence-electron chi connectivity index (χ1n) is 11.7. The lowest BCUT2D eigenvalue weighted by atomic mass is 10.2. The molecule has 5 rings (SSSR count). The number of aryl methyl sites for hydroxylation is 1. The van der Waals surface area contributed by atoms with Gasteiger partial charge < -0.3 is 14.8 Å². The maximum Gasteiger partial charge on any atom is 0.333 e. The van der Waals surface area contributed by atoms with Crippen LogP contribution in [0.4, 0.5) is 11.8 Å². The van der Waals surface area contributed by atoms with Gasteiger partial charge in [0.15, 0.2) is 11.2 Å². The van der Waals surface area contributed by atoms with Crippen LogP contribution in [-0.2, 0) is 18.4 Å². The fourth-order valence-corrected chi connectivity index (χ4v) is 5.05. The van der Waals surface area contributed by atoms with Crippen LogP contribution in [0.2, 0.25) is 0 Å². The second-order valence-corrected chi connectivity index (χ2v) is 9.89. The lowest BCUT2D eigenvalue weighted by Gasteiger charge is -2.15. The van der Waals surface area contributed by atoms with Gasteiger partial charge in [-0.2, -0.15) is 5.26 Å². The molecular weight excluding hydrogens is 496 g/mol. The van der Waals surface area contributed by atoms with Gasteiger partial charge in [-0.3, -0.25) is 14.2 Å². The van der Waals surface area contributed by atoms with Gasteiger partial charge in [0, 0.05) is 43.5 Å². The van der Waals surface area contributed by atoms with E-state index < -0.39 is 29.7 Å². The van der Waals surface area contributed by atoms with Crippen molar-refractivity contribution in [3.8, 4) is 16.6 Å². The molecule has 1 N–H and O–H groups in total. The fourth-order valence-electron chi connectivity index (χ4n) is 4.33. The molecule has 1 fully saturated rings. The lowest BCUT2D eigenvalue weighted by molar-refractivity contribution is -0.118. The van der Waals surface area contributed by atoms with Crippen LogP contribution < -0.4 is 21.5 Å². The third kappa shape index (κ3) is 4.38. The molecule has 1 amide bonds. The minimum absolute atomic E-state index is 0.0589. The molecule has 0 aliphatic carbocycles. The Morgan fingerprint density at radius 1 is 1.30 bits per heavy atom. The Morgan fingerprint density at radius 2 is 2.05 bits per heavy atom. The standard InChI is InChI=1S/C23H24N10O3S/c1-13-4-6-31(10-13)22-25-8-15(9-26-22)20-29-16(11-37-20)28-19(34)14(2)33-12-27-18-17(33)21(35)32(7-5-24)23(36)30(18)3/h8-9,11-14H,4,6-7,10H2,1-3H3,(H,28,34). The molecule has 13 nitrogen and oxygen atoms in total. The molecule has 4 aromatic heterocycles. The number of fused-ring (bicyclic) bond motifs is 1.